The molecule has 0 spiro atoms. The van der Waals surface area contributed by atoms with Gasteiger partial charge in [0.15, 0.2) is 0 Å². The third kappa shape index (κ3) is 2.25. The predicted molar refractivity (Wildman–Crippen MR) is 43.5 cm³/mol. The molecule has 0 aliphatic rings. The highest BCUT2D eigenvalue weighted by molar-refractivity contribution is 5.69. The number of hydrogen-bond acceptors (Lipinski definition) is 5. The van der Waals surface area contributed by atoms with Crippen molar-refractivity contribution in [3.8, 4) is 0 Å². The average Bonchev–Trinajstić information content (AvgIpc) is 2.52. The molecule has 0 aliphatic heterocycles. The molecule has 1 heterocycles. The smallest absolute Gasteiger partial charge is 0.410 e. The van der Waals surface area contributed by atoms with E-state index in [0.717, 1.165) is 10.9 Å². The lowest BCUT2D eigenvalue weighted by atomic mass is 10.2. The quantitative estimate of drug-likeness (QED) is 0.536. The lowest BCUT2D eigenvalue weighted by molar-refractivity contribution is -0.389. The molecule has 8 nitrogen and oxygen atoms in total. The third-order valence-electron chi connectivity index (χ3n) is 1.60. The van der Waals surface area contributed by atoms with Gasteiger partial charge in [-0.05, 0) is 4.92 Å². The lowest BCUT2D eigenvalue weighted by Gasteiger charge is -2.02. The summed E-state index contributed by atoms with van der Waals surface area (Å²) >= 11 is 0. The van der Waals surface area contributed by atoms with Crippen LogP contribution in [0.25, 0.3) is 0 Å². The second-order valence-corrected chi connectivity index (χ2v) is 2.80. The van der Waals surface area contributed by atoms with Gasteiger partial charge in [0.2, 0.25) is 0 Å². The van der Waals surface area contributed by atoms with Gasteiger partial charge in [0.25, 0.3) is 0 Å². The number of carboxylic acid groups (broad SMARTS) is 1. The van der Waals surface area contributed by atoms with E-state index >= 15 is 0 Å². The van der Waals surface area contributed by atoms with E-state index in [0.29, 0.717) is 0 Å². The molecular formula is C6H8N4O4. The van der Waals surface area contributed by atoms with E-state index in [1.165, 1.54) is 6.92 Å². The standard InChI is InChI=1S/C6H8N4O4/c1-4(6(11)12)2-9-3-5(7-8-9)10(13)14/h3-4H,2H2,1H3,(H,11,12). The molecular weight excluding hydrogens is 192 g/mol. The summed E-state index contributed by atoms with van der Waals surface area (Å²) in [6.45, 7) is 1.55. The number of aromatic nitrogens is 3. The largest absolute Gasteiger partial charge is 0.481 e. The van der Waals surface area contributed by atoms with Crippen LogP contribution >= 0.6 is 0 Å². The van der Waals surface area contributed by atoms with Crippen LogP contribution in [0.3, 0.4) is 0 Å². The van der Waals surface area contributed by atoms with Crippen LogP contribution in [-0.4, -0.2) is 31.0 Å². The van der Waals surface area contributed by atoms with Crippen LogP contribution < -0.4 is 0 Å². The Kier molecular flexibility index (Phi) is 2.75. The van der Waals surface area contributed by atoms with Crippen molar-refractivity contribution in [2.45, 2.75) is 13.5 Å². The summed E-state index contributed by atoms with van der Waals surface area (Å²) in [5.74, 6) is -2.03. The highest BCUT2D eigenvalue weighted by atomic mass is 16.6. The second-order valence-electron chi connectivity index (χ2n) is 2.80. The Morgan fingerprint density at radius 3 is 2.93 bits per heavy atom. The molecule has 8 heteroatoms. The Hall–Kier alpha value is -1.99. The normalized spacial score (nSPS) is 12.4. The van der Waals surface area contributed by atoms with Crippen molar-refractivity contribution in [1.29, 1.82) is 0 Å². The predicted octanol–water partition coefficient (Wildman–Crippen LogP) is -0.0930. The zero-order chi connectivity index (χ0) is 10.7. The molecule has 0 aromatic carbocycles. The van der Waals surface area contributed by atoms with Gasteiger partial charge in [-0.25, -0.2) is 4.68 Å². The Balaban J connectivity index is 2.69. The third-order valence-corrected chi connectivity index (χ3v) is 1.60. The van der Waals surface area contributed by atoms with E-state index in [-0.39, 0.29) is 12.4 Å². The molecule has 76 valence electrons. The molecule has 1 N–H and O–H groups in total. The van der Waals surface area contributed by atoms with Gasteiger partial charge in [-0.1, -0.05) is 6.92 Å². The zero-order valence-corrected chi connectivity index (χ0v) is 7.32. The molecule has 0 saturated carbocycles. The fraction of sp³-hybridized carbons (Fsp3) is 0.500. The molecule has 1 rings (SSSR count). The van der Waals surface area contributed by atoms with E-state index in [9.17, 15) is 14.9 Å². The molecule has 1 aromatic rings. The topological polar surface area (TPSA) is 111 Å². The summed E-state index contributed by atoms with van der Waals surface area (Å²) in [7, 11) is 0. The van der Waals surface area contributed by atoms with E-state index in [1.807, 2.05) is 0 Å². The van der Waals surface area contributed by atoms with Crippen molar-refractivity contribution in [3.63, 3.8) is 0 Å². The number of hydrogen-bond donors (Lipinski definition) is 1. The molecule has 1 atom stereocenters. The van der Waals surface area contributed by atoms with Crippen LogP contribution in [0.4, 0.5) is 5.82 Å². The van der Waals surface area contributed by atoms with Crippen molar-refractivity contribution >= 4 is 11.8 Å². The van der Waals surface area contributed by atoms with E-state index in [4.69, 9.17) is 5.11 Å². The van der Waals surface area contributed by atoms with Gasteiger partial charge in [0, 0.05) is 0 Å². The van der Waals surface area contributed by atoms with Gasteiger partial charge in [-0.2, -0.15) is 0 Å². The fourth-order valence-corrected chi connectivity index (χ4v) is 0.820. The molecule has 0 radical (unpaired) electrons. The van der Waals surface area contributed by atoms with Crippen molar-refractivity contribution < 1.29 is 14.8 Å². The first kappa shape index (κ1) is 10.1. The Morgan fingerprint density at radius 2 is 2.50 bits per heavy atom. The van der Waals surface area contributed by atoms with Crippen LogP contribution in [0.2, 0.25) is 0 Å². The molecule has 0 saturated heterocycles. The number of nitro groups is 1. The first-order chi connectivity index (χ1) is 6.50. The van der Waals surface area contributed by atoms with Gasteiger partial charge in [0.05, 0.1) is 17.7 Å². The van der Waals surface area contributed by atoms with Crippen LogP contribution in [0.5, 0.6) is 0 Å². The lowest BCUT2D eigenvalue weighted by Crippen LogP contribution is -2.17. The molecule has 0 amide bonds. The van der Waals surface area contributed by atoms with Gasteiger partial charge >= 0.3 is 11.8 Å². The van der Waals surface area contributed by atoms with Crippen LogP contribution in [-0.2, 0) is 11.3 Å². The highest BCUT2D eigenvalue weighted by Gasteiger charge is 2.16. The number of aliphatic carboxylic acids is 1. The van der Waals surface area contributed by atoms with Crippen molar-refractivity contribution in [3.05, 3.63) is 16.3 Å². The Bertz CT molecular complexity index is 360. The molecule has 1 unspecified atom stereocenters. The summed E-state index contributed by atoms with van der Waals surface area (Å²) in [6, 6.07) is 0. The van der Waals surface area contributed by atoms with Gasteiger partial charge < -0.3 is 15.2 Å². The monoisotopic (exact) mass is 200 g/mol. The van der Waals surface area contributed by atoms with Gasteiger partial charge in [-0.15, -0.1) is 0 Å². The maximum atomic E-state index is 10.4. The Morgan fingerprint density at radius 1 is 1.86 bits per heavy atom. The number of rotatable bonds is 4. The zero-order valence-electron chi connectivity index (χ0n) is 7.32. The molecule has 1 aromatic heterocycles. The molecule has 14 heavy (non-hydrogen) atoms. The number of nitrogens with zero attached hydrogens (tertiary/aromatic N) is 4. The maximum Gasteiger partial charge on any atom is 0.410 e. The van der Waals surface area contributed by atoms with Crippen LogP contribution in [0.1, 0.15) is 6.92 Å². The van der Waals surface area contributed by atoms with E-state index < -0.39 is 16.8 Å². The molecule has 0 bridgehead atoms. The molecule has 0 aliphatic carbocycles. The van der Waals surface area contributed by atoms with E-state index in [2.05, 4.69) is 10.3 Å². The first-order valence-corrected chi connectivity index (χ1v) is 3.78. The SMILES string of the molecule is CC(Cn1cc([N+](=O)[O-])nn1)C(=O)O. The highest BCUT2D eigenvalue weighted by Crippen LogP contribution is 2.05. The summed E-state index contributed by atoms with van der Waals surface area (Å²) in [5, 5.41) is 25.4. The van der Waals surface area contributed by atoms with Crippen LogP contribution in [0.15, 0.2) is 6.20 Å². The summed E-state index contributed by atoms with van der Waals surface area (Å²) in [6.07, 6.45) is 1.10. The van der Waals surface area contributed by atoms with Crippen molar-refractivity contribution in [2.24, 2.45) is 5.92 Å². The average molecular weight is 200 g/mol. The summed E-state index contributed by atoms with van der Waals surface area (Å²) < 4.78 is 1.14. The van der Waals surface area contributed by atoms with E-state index in [1.54, 1.807) is 0 Å². The van der Waals surface area contributed by atoms with Gasteiger partial charge in [-0.3, -0.25) is 4.79 Å². The number of carboxylic acids is 1. The summed E-state index contributed by atoms with van der Waals surface area (Å²) in [4.78, 5) is 20.0. The fourth-order valence-electron chi connectivity index (χ4n) is 0.820. The van der Waals surface area contributed by atoms with Crippen molar-refractivity contribution in [1.82, 2.24) is 15.0 Å². The van der Waals surface area contributed by atoms with Crippen molar-refractivity contribution in [2.75, 3.05) is 0 Å². The van der Waals surface area contributed by atoms with Crippen LogP contribution in [0, 0.1) is 16.0 Å². The second kappa shape index (κ2) is 3.81. The van der Waals surface area contributed by atoms with Gasteiger partial charge in [0.1, 0.15) is 11.3 Å². The maximum absolute atomic E-state index is 10.4. The Labute approximate surface area is 78.3 Å². The molecule has 0 fully saturated rings. The minimum Gasteiger partial charge on any atom is -0.481 e. The summed E-state index contributed by atoms with van der Waals surface area (Å²) in [5.41, 5.74) is 0. The number of carbonyl (C=O) groups is 1. The minimum atomic E-state index is -0.983. The minimum absolute atomic E-state index is 0.0656. The first-order valence-electron chi connectivity index (χ1n) is 3.78.